The predicted octanol–water partition coefficient (Wildman–Crippen LogP) is 3.65. The number of allylic oxidation sites excluding steroid dienone is 2. The molecule has 0 heterocycles. The molecule has 0 amide bonds. The van der Waals surface area contributed by atoms with Crippen LogP contribution in [-0.4, -0.2) is 53.3 Å². The molecule has 1 saturated carbocycles. The van der Waals surface area contributed by atoms with E-state index in [4.69, 9.17) is 4.74 Å². The number of hydrogen-bond acceptors (Lipinski definition) is 6. The van der Waals surface area contributed by atoms with Crippen LogP contribution in [0.25, 0.3) is 0 Å². The Kier molecular flexibility index (Phi) is 10.4. The van der Waals surface area contributed by atoms with Gasteiger partial charge in [-0.05, 0) is 43.4 Å². The summed E-state index contributed by atoms with van der Waals surface area (Å²) in [4.78, 5) is 11.1. The van der Waals surface area contributed by atoms with Crippen LogP contribution in [0.3, 0.4) is 0 Å². The summed E-state index contributed by atoms with van der Waals surface area (Å²) in [5.74, 6) is -0.907. The molecular formula is C24H31F3O6. The number of alkyl halides is 3. The van der Waals surface area contributed by atoms with Crippen LogP contribution < -0.4 is 4.74 Å². The van der Waals surface area contributed by atoms with Gasteiger partial charge in [-0.2, -0.15) is 13.2 Å². The van der Waals surface area contributed by atoms with Crippen molar-refractivity contribution in [3.05, 3.63) is 54.1 Å². The molecule has 1 aliphatic carbocycles. The second-order valence-corrected chi connectivity index (χ2v) is 8.08. The fourth-order valence-corrected chi connectivity index (χ4v) is 3.80. The fourth-order valence-electron chi connectivity index (χ4n) is 3.80. The summed E-state index contributed by atoms with van der Waals surface area (Å²) in [5.41, 5.74) is -0.839. The summed E-state index contributed by atoms with van der Waals surface area (Å²) >= 11 is 0. The quantitative estimate of drug-likeness (QED) is 0.259. The van der Waals surface area contributed by atoms with Gasteiger partial charge in [0.15, 0.2) is 0 Å². The lowest BCUT2D eigenvalue weighted by Crippen LogP contribution is -2.21. The Morgan fingerprint density at radius 3 is 2.70 bits per heavy atom. The minimum absolute atomic E-state index is 0.0104. The molecule has 1 aromatic carbocycles. The Labute approximate surface area is 191 Å². The van der Waals surface area contributed by atoms with Crippen LogP contribution in [0.2, 0.25) is 0 Å². The maximum Gasteiger partial charge on any atom is 0.416 e. The van der Waals surface area contributed by atoms with Crippen molar-refractivity contribution in [1.29, 1.82) is 0 Å². The van der Waals surface area contributed by atoms with Crippen LogP contribution in [0.1, 0.15) is 37.7 Å². The van der Waals surface area contributed by atoms with E-state index >= 15 is 0 Å². The number of halogens is 3. The van der Waals surface area contributed by atoms with E-state index in [0.29, 0.717) is 25.7 Å². The van der Waals surface area contributed by atoms with E-state index in [1.54, 1.807) is 6.08 Å². The largest absolute Gasteiger partial charge is 0.491 e. The number of benzene rings is 1. The molecule has 3 N–H and O–H groups in total. The maximum absolute atomic E-state index is 12.8. The molecule has 6 nitrogen and oxygen atoms in total. The number of aliphatic hydroxyl groups is 3. The van der Waals surface area contributed by atoms with E-state index < -0.39 is 30.1 Å². The van der Waals surface area contributed by atoms with Gasteiger partial charge in [0.05, 0.1) is 24.9 Å². The molecule has 0 spiro atoms. The molecule has 1 fully saturated rings. The van der Waals surface area contributed by atoms with Gasteiger partial charge in [0.2, 0.25) is 0 Å². The Morgan fingerprint density at radius 1 is 1.24 bits per heavy atom. The van der Waals surface area contributed by atoms with Gasteiger partial charge < -0.3 is 24.8 Å². The molecule has 5 atom stereocenters. The van der Waals surface area contributed by atoms with Gasteiger partial charge in [0.25, 0.3) is 0 Å². The normalized spacial score (nSPS) is 24.5. The second-order valence-electron chi connectivity index (χ2n) is 8.08. The standard InChI is InChI=1S/C24H31F3O6/c1-32-23(31)10-5-3-2-4-9-19-20(22(30)14-21(19)29)12-11-17(28)15-33-18-8-6-7-16(13-18)24(25,26)27/h2,4,6-8,11-13,17,19-22,28-30H,3,5,9-10,14-15H2,1H3/b4-2-,12-11+/t17-,19-,20-,21+,22+/m1/s1. The minimum Gasteiger partial charge on any atom is -0.491 e. The van der Waals surface area contributed by atoms with Crippen LogP contribution in [0.5, 0.6) is 5.75 Å². The van der Waals surface area contributed by atoms with Crippen molar-refractivity contribution in [3.63, 3.8) is 0 Å². The number of rotatable bonds is 11. The highest BCUT2D eigenvalue weighted by Gasteiger charge is 2.39. The first kappa shape index (κ1) is 26.9. The van der Waals surface area contributed by atoms with Crippen LogP contribution in [0, 0.1) is 11.8 Å². The van der Waals surface area contributed by atoms with Crippen molar-refractivity contribution in [2.45, 2.75) is 56.6 Å². The molecule has 0 bridgehead atoms. The molecule has 0 radical (unpaired) electrons. The lowest BCUT2D eigenvalue weighted by molar-refractivity contribution is -0.140. The van der Waals surface area contributed by atoms with E-state index in [9.17, 15) is 33.3 Å². The number of ether oxygens (including phenoxy) is 2. The zero-order chi connectivity index (χ0) is 24.4. The summed E-state index contributed by atoms with van der Waals surface area (Å²) < 4.78 is 48.2. The Balaban J connectivity index is 1.86. The van der Waals surface area contributed by atoms with Crippen molar-refractivity contribution >= 4 is 5.97 Å². The smallest absolute Gasteiger partial charge is 0.416 e. The molecule has 0 aromatic heterocycles. The first-order chi connectivity index (χ1) is 15.6. The van der Waals surface area contributed by atoms with Crippen molar-refractivity contribution in [2.75, 3.05) is 13.7 Å². The monoisotopic (exact) mass is 472 g/mol. The number of aliphatic hydroxyl groups excluding tert-OH is 3. The van der Waals surface area contributed by atoms with Crippen molar-refractivity contribution in [3.8, 4) is 5.75 Å². The zero-order valence-electron chi connectivity index (χ0n) is 18.4. The molecule has 33 heavy (non-hydrogen) atoms. The average molecular weight is 473 g/mol. The summed E-state index contributed by atoms with van der Waals surface area (Å²) in [6.07, 6.45) is 2.21. The second kappa shape index (κ2) is 12.8. The maximum atomic E-state index is 12.8. The molecule has 0 aliphatic heterocycles. The van der Waals surface area contributed by atoms with Gasteiger partial charge in [-0.3, -0.25) is 4.79 Å². The van der Waals surface area contributed by atoms with Crippen LogP contribution in [0.4, 0.5) is 13.2 Å². The highest BCUT2D eigenvalue weighted by atomic mass is 19.4. The number of carbonyl (C=O) groups excluding carboxylic acids is 1. The topological polar surface area (TPSA) is 96.2 Å². The summed E-state index contributed by atoms with van der Waals surface area (Å²) in [7, 11) is 1.34. The molecule has 0 saturated heterocycles. The van der Waals surface area contributed by atoms with Gasteiger partial charge in [-0.15, -0.1) is 0 Å². The highest BCUT2D eigenvalue weighted by molar-refractivity contribution is 5.69. The third kappa shape index (κ3) is 8.83. The lowest BCUT2D eigenvalue weighted by atomic mass is 9.89. The van der Waals surface area contributed by atoms with Gasteiger partial charge in [-0.25, -0.2) is 0 Å². The van der Waals surface area contributed by atoms with Gasteiger partial charge in [-0.1, -0.05) is 30.4 Å². The highest BCUT2D eigenvalue weighted by Crippen LogP contribution is 2.36. The molecular weight excluding hydrogens is 441 g/mol. The summed E-state index contributed by atoms with van der Waals surface area (Å²) in [5, 5.41) is 30.7. The van der Waals surface area contributed by atoms with Gasteiger partial charge in [0, 0.05) is 18.8 Å². The summed E-state index contributed by atoms with van der Waals surface area (Å²) in [6, 6.07) is 4.39. The van der Waals surface area contributed by atoms with Gasteiger partial charge in [0.1, 0.15) is 18.5 Å². The first-order valence-corrected chi connectivity index (χ1v) is 10.9. The number of carbonyl (C=O) groups is 1. The van der Waals surface area contributed by atoms with Crippen molar-refractivity contribution in [2.24, 2.45) is 11.8 Å². The van der Waals surface area contributed by atoms with E-state index in [1.165, 1.54) is 25.3 Å². The molecule has 2 rings (SSSR count). The molecule has 1 aliphatic rings. The van der Waals surface area contributed by atoms with E-state index in [2.05, 4.69) is 4.74 Å². The van der Waals surface area contributed by atoms with E-state index in [-0.39, 0.29) is 36.6 Å². The van der Waals surface area contributed by atoms with Crippen LogP contribution in [-0.2, 0) is 15.7 Å². The Morgan fingerprint density at radius 2 is 2.00 bits per heavy atom. The minimum atomic E-state index is -4.48. The van der Waals surface area contributed by atoms with E-state index in [0.717, 1.165) is 12.1 Å². The number of hydrogen-bond donors (Lipinski definition) is 3. The molecule has 0 unspecified atom stereocenters. The summed E-state index contributed by atoms with van der Waals surface area (Å²) in [6.45, 7) is -0.256. The molecule has 9 heteroatoms. The Hall–Kier alpha value is -2.36. The first-order valence-electron chi connectivity index (χ1n) is 10.9. The molecule has 1 aromatic rings. The van der Waals surface area contributed by atoms with Crippen LogP contribution in [0.15, 0.2) is 48.6 Å². The van der Waals surface area contributed by atoms with E-state index in [1.807, 2.05) is 12.2 Å². The third-order valence-electron chi connectivity index (χ3n) is 5.61. The number of unbranched alkanes of at least 4 members (excludes halogenated alkanes) is 1. The van der Waals surface area contributed by atoms with Crippen molar-refractivity contribution in [1.82, 2.24) is 0 Å². The molecule has 184 valence electrons. The predicted molar refractivity (Wildman–Crippen MR) is 115 cm³/mol. The SMILES string of the molecule is COC(=O)CCC/C=C\C[C@@H]1[C@@H](/C=C/[C@@H](O)COc2cccc(C(F)(F)F)c2)[C@@H](O)C[C@@H]1O. The third-order valence-corrected chi connectivity index (χ3v) is 5.61. The van der Waals surface area contributed by atoms with Gasteiger partial charge >= 0.3 is 12.1 Å². The number of esters is 1. The zero-order valence-corrected chi connectivity index (χ0v) is 18.4. The lowest BCUT2D eigenvalue weighted by Gasteiger charge is -2.19. The number of methoxy groups -OCH3 is 1. The Bertz CT molecular complexity index is 808. The van der Waals surface area contributed by atoms with Crippen LogP contribution >= 0.6 is 0 Å². The average Bonchev–Trinajstić information content (AvgIpc) is 3.04. The fraction of sp³-hybridized carbons (Fsp3) is 0.542. The van der Waals surface area contributed by atoms with Crippen molar-refractivity contribution < 1.29 is 42.8 Å².